The van der Waals surface area contributed by atoms with Gasteiger partial charge in [0, 0.05) is 3.57 Å². The predicted octanol–water partition coefficient (Wildman–Crippen LogP) is 4.49. The zero-order valence-electron chi connectivity index (χ0n) is 11.8. The molecule has 1 saturated heterocycles. The lowest BCUT2D eigenvalue weighted by atomic mass is 10.2. The molecule has 1 N–H and O–H groups in total. The van der Waals surface area contributed by atoms with E-state index in [1.807, 2.05) is 61.5 Å². The van der Waals surface area contributed by atoms with Crippen LogP contribution >= 0.6 is 34.4 Å². The van der Waals surface area contributed by atoms with Gasteiger partial charge in [0.25, 0.3) is 5.91 Å². The number of hydrogen-bond acceptors (Lipinski definition) is 3. The Morgan fingerprint density at radius 1 is 1.09 bits per heavy atom. The van der Waals surface area contributed by atoms with Crippen LogP contribution in [0.3, 0.4) is 0 Å². The van der Waals surface area contributed by atoms with Crippen molar-refractivity contribution in [1.29, 1.82) is 0 Å². The monoisotopic (exact) mass is 420 g/mol. The molecule has 2 aromatic carbocycles. The van der Waals surface area contributed by atoms with Crippen LogP contribution in [0.15, 0.2) is 58.4 Å². The number of thioether (sulfide) groups is 1. The molecule has 2 aromatic rings. The third-order valence-electron chi connectivity index (χ3n) is 3.08. The zero-order valence-corrected chi connectivity index (χ0v) is 14.8. The molecule has 0 atom stereocenters. The highest BCUT2D eigenvalue weighted by Crippen LogP contribution is 2.28. The van der Waals surface area contributed by atoms with Crippen LogP contribution in [0.2, 0.25) is 0 Å². The molecule has 0 spiro atoms. The summed E-state index contributed by atoms with van der Waals surface area (Å²) in [6.45, 7) is 2.03. The molecule has 0 saturated carbocycles. The SMILES string of the molecule is Cc1ccc(N=C2NC(=O)/C(=C\c3ccc(I)cc3)S2)cc1. The van der Waals surface area contributed by atoms with E-state index in [4.69, 9.17) is 0 Å². The van der Waals surface area contributed by atoms with Gasteiger partial charge < -0.3 is 5.32 Å². The van der Waals surface area contributed by atoms with Gasteiger partial charge in [-0.15, -0.1) is 0 Å². The minimum absolute atomic E-state index is 0.102. The first kappa shape index (κ1) is 15.3. The number of carbonyl (C=O) groups is 1. The van der Waals surface area contributed by atoms with Gasteiger partial charge in [-0.25, -0.2) is 4.99 Å². The smallest absolute Gasteiger partial charge is 0.264 e. The molecule has 1 amide bonds. The fourth-order valence-corrected chi connectivity index (χ4v) is 3.13. The second-order valence-electron chi connectivity index (χ2n) is 4.87. The van der Waals surface area contributed by atoms with Crippen LogP contribution in [0.4, 0.5) is 5.69 Å². The van der Waals surface area contributed by atoms with Crippen molar-refractivity contribution >= 4 is 57.2 Å². The molecule has 0 aromatic heterocycles. The summed E-state index contributed by atoms with van der Waals surface area (Å²) in [6.07, 6.45) is 1.88. The lowest BCUT2D eigenvalue weighted by Crippen LogP contribution is -2.19. The molecular formula is C17H13IN2OS. The van der Waals surface area contributed by atoms with Crippen LogP contribution in [-0.2, 0) is 4.79 Å². The molecule has 0 unspecified atom stereocenters. The number of carbonyl (C=O) groups excluding carboxylic acids is 1. The van der Waals surface area contributed by atoms with Gasteiger partial charge in [-0.3, -0.25) is 4.79 Å². The summed E-state index contributed by atoms with van der Waals surface area (Å²) in [6, 6.07) is 15.9. The van der Waals surface area contributed by atoms with Gasteiger partial charge in [-0.2, -0.15) is 0 Å². The predicted molar refractivity (Wildman–Crippen MR) is 101 cm³/mol. The van der Waals surface area contributed by atoms with Crippen molar-refractivity contribution in [2.24, 2.45) is 4.99 Å². The number of amidine groups is 1. The Labute approximate surface area is 147 Å². The van der Waals surface area contributed by atoms with Crippen molar-refractivity contribution < 1.29 is 4.79 Å². The van der Waals surface area contributed by atoms with Gasteiger partial charge in [0.15, 0.2) is 5.17 Å². The third-order valence-corrected chi connectivity index (χ3v) is 4.71. The summed E-state index contributed by atoms with van der Waals surface area (Å²) in [4.78, 5) is 17.1. The molecule has 1 aliphatic heterocycles. The Kier molecular flexibility index (Phi) is 4.63. The van der Waals surface area contributed by atoms with Crippen LogP contribution in [0.25, 0.3) is 6.08 Å². The normalized spacial score (nSPS) is 18.0. The van der Waals surface area contributed by atoms with Crippen LogP contribution in [-0.4, -0.2) is 11.1 Å². The summed E-state index contributed by atoms with van der Waals surface area (Å²) in [5.41, 5.74) is 3.03. The summed E-state index contributed by atoms with van der Waals surface area (Å²) in [7, 11) is 0. The topological polar surface area (TPSA) is 41.5 Å². The molecule has 22 heavy (non-hydrogen) atoms. The van der Waals surface area contributed by atoms with Gasteiger partial charge in [-0.1, -0.05) is 29.8 Å². The van der Waals surface area contributed by atoms with Crippen molar-refractivity contribution in [3.05, 3.63) is 68.1 Å². The van der Waals surface area contributed by atoms with Crippen molar-refractivity contribution in [1.82, 2.24) is 5.32 Å². The van der Waals surface area contributed by atoms with Crippen molar-refractivity contribution in [3.63, 3.8) is 0 Å². The Balaban J connectivity index is 1.80. The van der Waals surface area contributed by atoms with Gasteiger partial charge in [0.05, 0.1) is 10.6 Å². The number of halogens is 1. The molecule has 1 heterocycles. The number of rotatable bonds is 2. The summed E-state index contributed by atoms with van der Waals surface area (Å²) < 4.78 is 1.17. The van der Waals surface area contributed by atoms with Gasteiger partial charge in [-0.05, 0) is 77.2 Å². The fourth-order valence-electron chi connectivity index (χ4n) is 1.93. The van der Waals surface area contributed by atoms with Gasteiger partial charge in [0.2, 0.25) is 0 Å². The number of hydrogen-bond donors (Lipinski definition) is 1. The maximum atomic E-state index is 12.0. The second-order valence-corrected chi connectivity index (χ2v) is 7.15. The van der Waals surface area contributed by atoms with Crippen LogP contribution in [0.5, 0.6) is 0 Å². The maximum Gasteiger partial charge on any atom is 0.264 e. The minimum atomic E-state index is -0.102. The van der Waals surface area contributed by atoms with Gasteiger partial charge in [0.1, 0.15) is 0 Å². The lowest BCUT2D eigenvalue weighted by Gasteiger charge is -1.97. The first-order valence-electron chi connectivity index (χ1n) is 6.72. The summed E-state index contributed by atoms with van der Waals surface area (Å²) in [5.74, 6) is -0.102. The van der Waals surface area contributed by atoms with Crippen molar-refractivity contribution in [3.8, 4) is 0 Å². The number of aryl methyl sites for hydroxylation is 1. The Morgan fingerprint density at radius 3 is 2.45 bits per heavy atom. The highest BCUT2D eigenvalue weighted by atomic mass is 127. The van der Waals surface area contributed by atoms with E-state index in [9.17, 15) is 4.79 Å². The number of benzene rings is 2. The third kappa shape index (κ3) is 3.78. The van der Waals surface area contributed by atoms with E-state index in [0.29, 0.717) is 10.1 Å². The summed E-state index contributed by atoms with van der Waals surface area (Å²) >= 11 is 3.62. The quantitative estimate of drug-likeness (QED) is 0.575. The molecule has 0 radical (unpaired) electrons. The van der Waals surface area contributed by atoms with Crippen LogP contribution < -0.4 is 5.32 Å². The Bertz CT molecular complexity index is 764. The average Bonchev–Trinajstić information content (AvgIpc) is 2.84. The summed E-state index contributed by atoms with van der Waals surface area (Å²) in [5, 5.41) is 3.42. The van der Waals surface area contributed by atoms with E-state index in [1.165, 1.54) is 20.9 Å². The first-order valence-corrected chi connectivity index (χ1v) is 8.61. The molecule has 3 rings (SSSR count). The zero-order chi connectivity index (χ0) is 15.5. The van der Waals surface area contributed by atoms with E-state index >= 15 is 0 Å². The van der Waals surface area contributed by atoms with E-state index < -0.39 is 0 Å². The minimum Gasteiger partial charge on any atom is -0.300 e. The Morgan fingerprint density at radius 2 is 1.77 bits per heavy atom. The molecular weight excluding hydrogens is 407 g/mol. The fraction of sp³-hybridized carbons (Fsp3) is 0.0588. The second kappa shape index (κ2) is 6.66. The van der Waals surface area contributed by atoms with Crippen molar-refractivity contribution in [2.75, 3.05) is 0 Å². The van der Waals surface area contributed by atoms with E-state index in [1.54, 1.807) is 0 Å². The molecule has 110 valence electrons. The van der Waals surface area contributed by atoms with Gasteiger partial charge >= 0.3 is 0 Å². The van der Waals surface area contributed by atoms with Crippen LogP contribution in [0.1, 0.15) is 11.1 Å². The number of nitrogens with zero attached hydrogens (tertiary/aromatic N) is 1. The molecule has 5 heteroatoms. The maximum absolute atomic E-state index is 12.0. The van der Waals surface area contributed by atoms with Crippen molar-refractivity contribution in [2.45, 2.75) is 6.92 Å². The highest BCUT2D eigenvalue weighted by molar-refractivity contribution is 14.1. The standard InChI is InChI=1S/C17H13IN2OS/c1-11-2-8-14(9-3-11)19-17-20-16(21)15(22-17)10-12-4-6-13(18)7-5-12/h2-10H,1H3,(H,19,20,21)/b15-10+. The molecule has 0 bridgehead atoms. The molecule has 3 nitrogen and oxygen atoms in total. The first-order chi connectivity index (χ1) is 10.6. The van der Waals surface area contributed by atoms with Crippen LogP contribution in [0, 0.1) is 10.5 Å². The molecule has 1 aliphatic rings. The largest absolute Gasteiger partial charge is 0.300 e. The number of aliphatic imine (C=N–C) groups is 1. The van der Waals surface area contributed by atoms with E-state index in [2.05, 4.69) is 32.9 Å². The molecule has 1 fully saturated rings. The average molecular weight is 420 g/mol. The highest BCUT2D eigenvalue weighted by Gasteiger charge is 2.23. The molecule has 0 aliphatic carbocycles. The Hall–Kier alpha value is -1.60. The van der Waals surface area contributed by atoms with E-state index in [-0.39, 0.29) is 5.91 Å². The number of nitrogens with one attached hydrogen (secondary N) is 1. The number of amides is 1. The van der Waals surface area contributed by atoms with E-state index in [0.717, 1.165) is 11.3 Å². The lowest BCUT2D eigenvalue weighted by molar-refractivity contribution is -0.115.